The summed E-state index contributed by atoms with van der Waals surface area (Å²) >= 11 is 0. The van der Waals surface area contributed by atoms with Gasteiger partial charge in [-0.05, 0) is 12.1 Å². The second-order valence-corrected chi connectivity index (χ2v) is 8.44. The van der Waals surface area contributed by atoms with E-state index in [1.165, 1.54) is 10.6 Å². The van der Waals surface area contributed by atoms with Gasteiger partial charge in [0.05, 0.1) is 25.2 Å². The largest absolute Gasteiger partial charge is 0.378 e. The monoisotopic (exact) mass is 375 g/mol. The van der Waals surface area contributed by atoms with Crippen LogP contribution in [0.3, 0.4) is 0 Å². The Labute approximate surface area is 152 Å². The number of sulfonamides is 1. The second-order valence-electron chi connectivity index (χ2n) is 6.46. The molecule has 1 fully saturated rings. The molecule has 0 N–H and O–H groups in total. The molecule has 2 aromatic heterocycles. The zero-order valence-corrected chi connectivity index (χ0v) is 15.4. The molecule has 9 heteroatoms. The number of hydrogen-bond acceptors (Lipinski definition) is 7. The van der Waals surface area contributed by atoms with Crippen LogP contribution in [0.1, 0.15) is 11.3 Å². The number of nitrogens with zero attached hydrogens (tertiary/aromatic N) is 5. The Morgan fingerprint density at radius 1 is 1.12 bits per heavy atom. The van der Waals surface area contributed by atoms with Crippen molar-refractivity contribution in [2.24, 2.45) is 0 Å². The summed E-state index contributed by atoms with van der Waals surface area (Å²) in [7, 11) is -3.26. The van der Waals surface area contributed by atoms with Crippen LogP contribution in [0.25, 0.3) is 11.5 Å². The minimum atomic E-state index is -3.26. The van der Waals surface area contributed by atoms with E-state index in [9.17, 15) is 8.42 Å². The highest BCUT2D eigenvalue weighted by molar-refractivity contribution is 7.88. The van der Waals surface area contributed by atoms with Crippen molar-refractivity contribution in [3.8, 4) is 11.5 Å². The van der Waals surface area contributed by atoms with Crippen LogP contribution in [0.2, 0.25) is 0 Å². The third-order valence-electron chi connectivity index (χ3n) is 4.68. The maximum Gasteiger partial charge on any atom is 0.211 e. The average molecular weight is 375 g/mol. The number of aromatic nitrogens is 3. The number of anilines is 1. The minimum absolute atomic E-state index is 0.309. The highest BCUT2D eigenvalue weighted by Crippen LogP contribution is 2.30. The fourth-order valence-electron chi connectivity index (χ4n) is 3.30. The van der Waals surface area contributed by atoms with Crippen LogP contribution in [0.15, 0.2) is 24.4 Å². The van der Waals surface area contributed by atoms with Gasteiger partial charge in [-0.1, -0.05) is 6.07 Å². The standard InChI is InChI=1S/C17H21N5O3S/c1-26(23,24)22-7-5-14-13(12-22)17(21-8-10-25-11-9-21)20-16(19-14)15-4-2-3-6-18-15/h2-4,6H,5,7-12H2,1H3. The summed E-state index contributed by atoms with van der Waals surface area (Å²) in [6.45, 7) is 3.46. The Kier molecular flexibility index (Phi) is 4.60. The lowest BCUT2D eigenvalue weighted by molar-refractivity contribution is 0.122. The van der Waals surface area contributed by atoms with Crippen molar-refractivity contribution in [2.75, 3.05) is 44.0 Å². The van der Waals surface area contributed by atoms with E-state index in [4.69, 9.17) is 14.7 Å². The first-order valence-electron chi connectivity index (χ1n) is 8.61. The molecule has 0 amide bonds. The molecular formula is C17H21N5O3S. The van der Waals surface area contributed by atoms with Gasteiger partial charge in [0.25, 0.3) is 0 Å². The van der Waals surface area contributed by atoms with E-state index in [2.05, 4.69) is 9.88 Å². The van der Waals surface area contributed by atoms with Crippen LogP contribution in [0.4, 0.5) is 5.82 Å². The Balaban J connectivity index is 1.80. The summed E-state index contributed by atoms with van der Waals surface area (Å²) in [5.41, 5.74) is 2.51. The predicted octanol–water partition coefficient (Wildman–Crippen LogP) is 0.693. The van der Waals surface area contributed by atoms with E-state index < -0.39 is 10.0 Å². The summed E-state index contributed by atoms with van der Waals surface area (Å²) < 4.78 is 31.0. The van der Waals surface area contributed by atoms with Gasteiger partial charge in [0.15, 0.2) is 5.82 Å². The van der Waals surface area contributed by atoms with Crippen LogP contribution >= 0.6 is 0 Å². The first kappa shape index (κ1) is 17.3. The van der Waals surface area contributed by atoms with E-state index in [1.807, 2.05) is 18.2 Å². The van der Waals surface area contributed by atoms with Gasteiger partial charge in [-0.25, -0.2) is 18.4 Å². The summed E-state index contributed by atoms with van der Waals surface area (Å²) in [5, 5.41) is 0. The van der Waals surface area contributed by atoms with Crippen molar-refractivity contribution in [3.63, 3.8) is 0 Å². The lowest BCUT2D eigenvalue weighted by Crippen LogP contribution is -2.41. The van der Waals surface area contributed by atoms with Gasteiger partial charge in [-0.15, -0.1) is 0 Å². The van der Waals surface area contributed by atoms with Gasteiger partial charge in [0.1, 0.15) is 11.5 Å². The van der Waals surface area contributed by atoms with Crippen LogP contribution in [0, 0.1) is 0 Å². The molecule has 0 radical (unpaired) electrons. The molecule has 2 aromatic rings. The van der Waals surface area contributed by atoms with Crippen molar-refractivity contribution < 1.29 is 13.2 Å². The Hall–Kier alpha value is -2.10. The average Bonchev–Trinajstić information content (AvgIpc) is 2.67. The molecule has 0 saturated carbocycles. The molecule has 0 aromatic carbocycles. The van der Waals surface area contributed by atoms with Crippen molar-refractivity contribution in [3.05, 3.63) is 35.7 Å². The van der Waals surface area contributed by atoms with Crippen LogP contribution < -0.4 is 4.90 Å². The van der Waals surface area contributed by atoms with Crippen LogP contribution in [-0.2, 0) is 27.7 Å². The highest BCUT2D eigenvalue weighted by atomic mass is 32.2. The van der Waals surface area contributed by atoms with Gasteiger partial charge in [-0.3, -0.25) is 4.98 Å². The van der Waals surface area contributed by atoms with Gasteiger partial charge < -0.3 is 9.64 Å². The van der Waals surface area contributed by atoms with E-state index >= 15 is 0 Å². The van der Waals surface area contributed by atoms with Crippen molar-refractivity contribution in [1.29, 1.82) is 0 Å². The molecule has 1 saturated heterocycles. The summed E-state index contributed by atoms with van der Waals surface area (Å²) in [6.07, 6.45) is 3.54. The fraction of sp³-hybridized carbons (Fsp3) is 0.471. The zero-order chi connectivity index (χ0) is 18.1. The number of pyridine rings is 1. The number of fused-ring (bicyclic) bond motifs is 1. The van der Waals surface area contributed by atoms with Gasteiger partial charge in [0, 0.05) is 44.4 Å². The second kappa shape index (κ2) is 6.90. The van der Waals surface area contributed by atoms with Crippen molar-refractivity contribution >= 4 is 15.8 Å². The normalized spacial score (nSPS) is 18.6. The van der Waals surface area contributed by atoms with E-state index in [-0.39, 0.29) is 0 Å². The molecule has 0 unspecified atom stereocenters. The molecule has 0 bridgehead atoms. The molecule has 2 aliphatic heterocycles. The lowest BCUT2D eigenvalue weighted by Gasteiger charge is -2.33. The van der Waals surface area contributed by atoms with Crippen LogP contribution in [0.5, 0.6) is 0 Å². The molecule has 0 atom stereocenters. The first-order chi connectivity index (χ1) is 12.5. The predicted molar refractivity (Wildman–Crippen MR) is 97.3 cm³/mol. The topological polar surface area (TPSA) is 88.5 Å². The molecule has 4 heterocycles. The summed E-state index contributed by atoms with van der Waals surface area (Å²) in [6, 6.07) is 5.65. The third kappa shape index (κ3) is 3.42. The Bertz CT molecular complexity index is 898. The van der Waals surface area contributed by atoms with Crippen molar-refractivity contribution in [2.45, 2.75) is 13.0 Å². The molecular weight excluding hydrogens is 354 g/mol. The minimum Gasteiger partial charge on any atom is -0.378 e. The molecule has 2 aliphatic rings. The van der Waals surface area contributed by atoms with Gasteiger partial charge in [0.2, 0.25) is 10.0 Å². The van der Waals surface area contributed by atoms with Crippen molar-refractivity contribution in [1.82, 2.24) is 19.3 Å². The number of hydrogen-bond donors (Lipinski definition) is 0. The van der Waals surface area contributed by atoms with E-state index in [0.29, 0.717) is 38.5 Å². The highest BCUT2D eigenvalue weighted by Gasteiger charge is 2.30. The Morgan fingerprint density at radius 3 is 2.62 bits per heavy atom. The molecule has 0 spiro atoms. The maximum absolute atomic E-state index is 12.0. The smallest absolute Gasteiger partial charge is 0.211 e. The molecule has 0 aliphatic carbocycles. The van der Waals surface area contributed by atoms with Gasteiger partial charge >= 0.3 is 0 Å². The van der Waals surface area contributed by atoms with Crippen LogP contribution in [-0.4, -0.2) is 66.8 Å². The first-order valence-corrected chi connectivity index (χ1v) is 10.5. The zero-order valence-electron chi connectivity index (χ0n) is 14.6. The molecule has 26 heavy (non-hydrogen) atoms. The quantitative estimate of drug-likeness (QED) is 0.780. The lowest BCUT2D eigenvalue weighted by atomic mass is 10.1. The van der Waals surface area contributed by atoms with E-state index in [0.717, 1.165) is 35.9 Å². The number of ether oxygens (including phenoxy) is 1. The molecule has 8 nitrogen and oxygen atoms in total. The third-order valence-corrected chi connectivity index (χ3v) is 5.93. The molecule has 138 valence electrons. The number of rotatable bonds is 3. The Morgan fingerprint density at radius 2 is 1.92 bits per heavy atom. The summed E-state index contributed by atoms with van der Waals surface area (Å²) in [4.78, 5) is 16.0. The van der Waals surface area contributed by atoms with Gasteiger partial charge in [-0.2, -0.15) is 4.31 Å². The van der Waals surface area contributed by atoms with E-state index in [1.54, 1.807) is 6.20 Å². The molecule has 4 rings (SSSR count). The number of morpholine rings is 1. The summed E-state index contributed by atoms with van der Waals surface area (Å²) in [5.74, 6) is 1.38. The maximum atomic E-state index is 12.0. The SMILES string of the molecule is CS(=O)(=O)N1CCc2nc(-c3ccccn3)nc(N3CCOCC3)c2C1. The fourth-order valence-corrected chi connectivity index (χ4v) is 4.09.